The van der Waals surface area contributed by atoms with Crippen molar-refractivity contribution in [3.8, 4) is 5.75 Å². The minimum absolute atomic E-state index is 0.0112. The van der Waals surface area contributed by atoms with Crippen molar-refractivity contribution in [1.82, 2.24) is 15.5 Å². The van der Waals surface area contributed by atoms with Crippen LogP contribution in [0.4, 0.5) is 4.39 Å². The Hall–Kier alpha value is -2.19. The predicted molar refractivity (Wildman–Crippen MR) is 115 cm³/mol. The number of halogens is 1. The molecule has 2 saturated heterocycles. The SMILES string of the molecule is COc1cc(C[C@]2(CCC(=O)NCC(C)(C)N3CCOCC3)CCC(=O)N2)ccc1F. The third-order valence-electron chi connectivity index (χ3n) is 6.41. The van der Waals surface area contributed by atoms with Crippen LogP contribution in [-0.2, 0) is 20.7 Å². The van der Waals surface area contributed by atoms with Crippen molar-refractivity contribution in [2.45, 2.75) is 57.0 Å². The van der Waals surface area contributed by atoms with Crippen LogP contribution in [0.25, 0.3) is 0 Å². The van der Waals surface area contributed by atoms with Crippen LogP contribution >= 0.6 is 0 Å². The number of nitrogens with one attached hydrogen (secondary N) is 2. The Labute approximate surface area is 183 Å². The van der Waals surface area contributed by atoms with Gasteiger partial charge in [-0.3, -0.25) is 14.5 Å². The van der Waals surface area contributed by atoms with Crippen molar-refractivity contribution in [2.75, 3.05) is 40.0 Å². The van der Waals surface area contributed by atoms with Crippen LogP contribution in [0.5, 0.6) is 5.75 Å². The van der Waals surface area contributed by atoms with Gasteiger partial charge in [0, 0.05) is 43.6 Å². The van der Waals surface area contributed by atoms with Crippen LogP contribution in [-0.4, -0.2) is 67.7 Å². The van der Waals surface area contributed by atoms with Crippen molar-refractivity contribution in [1.29, 1.82) is 0 Å². The molecule has 0 saturated carbocycles. The van der Waals surface area contributed by atoms with Gasteiger partial charge in [-0.15, -0.1) is 0 Å². The lowest BCUT2D eigenvalue weighted by Crippen LogP contribution is -2.55. The summed E-state index contributed by atoms with van der Waals surface area (Å²) in [7, 11) is 1.43. The summed E-state index contributed by atoms with van der Waals surface area (Å²) in [6.45, 7) is 7.96. The molecular weight excluding hydrogens is 401 g/mol. The molecule has 0 unspecified atom stereocenters. The Balaban J connectivity index is 1.57. The van der Waals surface area contributed by atoms with Gasteiger partial charge < -0.3 is 20.1 Å². The second-order valence-corrected chi connectivity index (χ2v) is 9.16. The minimum Gasteiger partial charge on any atom is -0.494 e. The van der Waals surface area contributed by atoms with E-state index in [-0.39, 0.29) is 23.1 Å². The van der Waals surface area contributed by atoms with Crippen molar-refractivity contribution in [3.63, 3.8) is 0 Å². The van der Waals surface area contributed by atoms with E-state index in [2.05, 4.69) is 29.4 Å². The van der Waals surface area contributed by atoms with Gasteiger partial charge in [-0.05, 0) is 50.8 Å². The van der Waals surface area contributed by atoms with Gasteiger partial charge in [0.2, 0.25) is 11.8 Å². The molecule has 2 aliphatic heterocycles. The number of nitrogens with zero attached hydrogens (tertiary/aromatic N) is 1. The second kappa shape index (κ2) is 9.96. The van der Waals surface area contributed by atoms with Crippen LogP contribution in [0.15, 0.2) is 18.2 Å². The van der Waals surface area contributed by atoms with Crippen molar-refractivity contribution >= 4 is 11.8 Å². The fraction of sp³-hybridized carbons (Fsp3) is 0.652. The molecule has 2 heterocycles. The van der Waals surface area contributed by atoms with E-state index in [1.54, 1.807) is 12.1 Å². The van der Waals surface area contributed by atoms with E-state index >= 15 is 0 Å². The Kier molecular flexibility index (Phi) is 7.54. The molecule has 1 aromatic rings. The number of methoxy groups -OCH3 is 1. The van der Waals surface area contributed by atoms with Gasteiger partial charge in [0.05, 0.1) is 20.3 Å². The molecule has 172 valence electrons. The van der Waals surface area contributed by atoms with Crippen LogP contribution < -0.4 is 15.4 Å². The van der Waals surface area contributed by atoms with E-state index in [0.717, 1.165) is 18.7 Å². The van der Waals surface area contributed by atoms with Gasteiger partial charge >= 0.3 is 0 Å². The third kappa shape index (κ3) is 6.17. The largest absolute Gasteiger partial charge is 0.494 e. The lowest BCUT2D eigenvalue weighted by molar-refractivity contribution is -0.123. The zero-order chi connectivity index (χ0) is 22.5. The molecule has 2 N–H and O–H groups in total. The van der Waals surface area contributed by atoms with Crippen molar-refractivity contribution in [2.24, 2.45) is 0 Å². The van der Waals surface area contributed by atoms with Gasteiger partial charge in [-0.25, -0.2) is 4.39 Å². The first kappa shape index (κ1) is 23.5. The molecule has 0 spiro atoms. The standard InChI is InChI=1S/C23H34FN3O4/c1-22(2,27-10-12-31-13-11-27)16-25-20(28)6-8-23(9-7-21(29)26-23)15-17-4-5-18(24)19(14-17)30-3/h4-5,14H,6-13,15-16H2,1-3H3,(H,25,28)(H,26,29)/t23-/m0/s1. The van der Waals surface area contributed by atoms with E-state index in [9.17, 15) is 14.0 Å². The summed E-state index contributed by atoms with van der Waals surface area (Å²) in [6.07, 6.45) is 2.46. The zero-order valence-corrected chi connectivity index (χ0v) is 18.8. The number of morpholine rings is 1. The molecule has 0 aromatic heterocycles. The number of hydrogen-bond acceptors (Lipinski definition) is 5. The molecule has 1 aromatic carbocycles. The lowest BCUT2D eigenvalue weighted by atomic mass is 9.85. The molecule has 0 bridgehead atoms. The number of carbonyl (C=O) groups excluding carboxylic acids is 2. The fourth-order valence-corrected chi connectivity index (χ4v) is 4.42. The number of hydrogen-bond donors (Lipinski definition) is 2. The molecular formula is C23H34FN3O4. The lowest BCUT2D eigenvalue weighted by Gasteiger charge is -2.41. The first-order chi connectivity index (χ1) is 14.7. The highest BCUT2D eigenvalue weighted by molar-refractivity contribution is 5.80. The summed E-state index contributed by atoms with van der Waals surface area (Å²) < 4.78 is 24.2. The van der Waals surface area contributed by atoms with Crippen molar-refractivity contribution in [3.05, 3.63) is 29.6 Å². The molecule has 8 heteroatoms. The van der Waals surface area contributed by atoms with E-state index in [0.29, 0.717) is 51.9 Å². The maximum atomic E-state index is 13.8. The Morgan fingerprint density at radius 2 is 2.10 bits per heavy atom. The van der Waals surface area contributed by atoms with E-state index in [1.165, 1.54) is 13.2 Å². The molecule has 2 aliphatic rings. The maximum absolute atomic E-state index is 13.8. The number of amides is 2. The zero-order valence-electron chi connectivity index (χ0n) is 18.8. The highest BCUT2D eigenvalue weighted by atomic mass is 19.1. The predicted octanol–water partition coefficient (Wildman–Crippen LogP) is 2.03. The van der Waals surface area contributed by atoms with Gasteiger partial charge in [0.1, 0.15) is 0 Å². The van der Waals surface area contributed by atoms with E-state index in [4.69, 9.17) is 9.47 Å². The average molecular weight is 436 g/mol. The minimum atomic E-state index is -0.503. The Morgan fingerprint density at radius 1 is 1.35 bits per heavy atom. The molecule has 7 nitrogen and oxygen atoms in total. The normalized spacial score (nSPS) is 22.3. The van der Waals surface area contributed by atoms with Crippen LogP contribution in [0.2, 0.25) is 0 Å². The highest BCUT2D eigenvalue weighted by Gasteiger charge is 2.38. The fourth-order valence-electron chi connectivity index (χ4n) is 4.42. The molecule has 1 atom stereocenters. The van der Waals surface area contributed by atoms with Crippen molar-refractivity contribution < 1.29 is 23.5 Å². The summed E-state index contributed by atoms with van der Waals surface area (Å²) in [4.78, 5) is 26.9. The van der Waals surface area contributed by atoms with Crippen LogP contribution in [0.3, 0.4) is 0 Å². The molecule has 2 fully saturated rings. The molecule has 0 radical (unpaired) electrons. The molecule has 0 aliphatic carbocycles. The molecule has 2 amide bonds. The van der Waals surface area contributed by atoms with Crippen LogP contribution in [0, 0.1) is 5.82 Å². The Morgan fingerprint density at radius 3 is 2.74 bits per heavy atom. The second-order valence-electron chi connectivity index (χ2n) is 9.16. The van der Waals surface area contributed by atoms with Gasteiger partial charge in [0.15, 0.2) is 11.6 Å². The van der Waals surface area contributed by atoms with E-state index < -0.39 is 11.4 Å². The van der Waals surface area contributed by atoms with Gasteiger partial charge in [-0.1, -0.05) is 6.07 Å². The quantitative estimate of drug-likeness (QED) is 0.621. The average Bonchev–Trinajstić information content (AvgIpc) is 3.13. The molecule has 31 heavy (non-hydrogen) atoms. The summed E-state index contributed by atoms with van der Waals surface area (Å²) in [5.74, 6) is -0.278. The number of carbonyl (C=O) groups is 2. The highest BCUT2D eigenvalue weighted by Crippen LogP contribution is 2.31. The van der Waals surface area contributed by atoms with Crippen LogP contribution in [0.1, 0.15) is 45.1 Å². The molecule has 3 rings (SSSR count). The first-order valence-electron chi connectivity index (χ1n) is 11.0. The van der Waals surface area contributed by atoms with Gasteiger partial charge in [-0.2, -0.15) is 0 Å². The summed E-state index contributed by atoms with van der Waals surface area (Å²) in [5, 5.41) is 6.13. The maximum Gasteiger partial charge on any atom is 0.220 e. The summed E-state index contributed by atoms with van der Waals surface area (Å²) >= 11 is 0. The monoisotopic (exact) mass is 435 g/mol. The number of rotatable bonds is 9. The Bertz CT molecular complexity index is 795. The summed E-state index contributed by atoms with van der Waals surface area (Å²) in [5.41, 5.74) is 0.217. The van der Waals surface area contributed by atoms with E-state index in [1.807, 2.05) is 0 Å². The summed E-state index contributed by atoms with van der Waals surface area (Å²) in [6, 6.07) is 4.74. The first-order valence-corrected chi connectivity index (χ1v) is 11.0. The number of benzene rings is 1. The third-order valence-corrected chi connectivity index (χ3v) is 6.41. The smallest absolute Gasteiger partial charge is 0.220 e. The topological polar surface area (TPSA) is 79.9 Å². The van der Waals surface area contributed by atoms with Gasteiger partial charge in [0.25, 0.3) is 0 Å². The number of ether oxygens (including phenoxy) is 2.